The Balaban J connectivity index is 0.000000285. The summed E-state index contributed by atoms with van der Waals surface area (Å²) in [5, 5.41) is 20.7. The van der Waals surface area contributed by atoms with Gasteiger partial charge in [0.15, 0.2) is 0 Å². The minimum absolute atomic E-state index is 0. The maximum Gasteiger partial charge on any atom is 0.410 e. The Hall–Kier alpha value is -3.96. The molecule has 4 amide bonds. The fourth-order valence-electron chi connectivity index (χ4n) is 8.40. The highest BCUT2D eigenvalue weighted by Gasteiger charge is 2.33. The number of fused-ring (bicyclic) bond motifs is 2. The van der Waals surface area contributed by atoms with Crippen LogP contribution in [-0.2, 0) is 54.5 Å². The first-order valence-electron chi connectivity index (χ1n) is 25.0. The molecule has 0 saturated carbocycles. The lowest BCUT2D eigenvalue weighted by molar-refractivity contribution is -0.117. The number of halogens is 2. The van der Waals surface area contributed by atoms with E-state index < -0.39 is 17.3 Å². The maximum atomic E-state index is 13.3. The van der Waals surface area contributed by atoms with Gasteiger partial charge < -0.3 is 50.0 Å². The smallest absolute Gasteiger partial charge is 0.410 e. The number of aromatic nitrogens is 2. The van der Waals surface area contributed by atoms with Crippen LogP contribution in [0.3, 0.4) is 0 Å². The van der Waals surface area contributed by atoms with E-state index in [-0.39, 0.29) is 61.7 Å². The lowest BCUT2D eigenvalue weighted by Gasteiger charge is -2.30. The number of hydrogen-bond acceptors (Lipinski definition) is 16. The van der Waals surface area contributed by atoms with Gasteiger partial charge in [0.1, 0.15) is 31.2 Å². The Morgan fingerprint density at radius 2 is 1.30 bits per heavy atom. The summed E-state index contributed by atoms with van der Waals surface area (Å²) in [6, 6.07) is 0.256. The van der Waals surface area contributed by atoms with Crippen LogP contribution in [0, 0.1) is 0 Å². The molecule has 0 atom stereocenters. The second-order valence-corrected chi connectivity index (χ2v) is 24.6. The second-order valence-electron chi connectivity index (χ2n) is 20.7. The quantitative estimate of drug-likeness (QED) is 0.0938. The highest BCUT2D eigenvalue weighted by atomic mass is 35.5. The first kappa shape index (κ1) is 60.9. The Morgan fingerprint density at radius 1 is 0.757 bits per heavy atom. The average Bonchev–Trinajstić information content (AvgIpc) is 4.13. The molecule has 4 aromatic rings. The van der Waals surface area contributed by atoms with Crippen LogP contribution in [0.15, 0.2) is 22.9 Å². The number of thiophene rings is 2. The van der Waals surface area contributed by atoms with Crippen molar-refractivity contribution >= 4 is 115 Å². The van der Waals surface area contributed by atoms with Gasteiger partial charge in [0.25, 0.3) is 0 Å². The van der Waals surface area contributed by atoms with Crippen molar-refractivity contribution in [1.82, 2.24) is 30.4 Å². The number of hydrogen-bond donors (Lipinski definition) is 4. The van der Waals surface area contributed by atoms with Gasteiger partial charge in [-0.1, -0.05) is 26.0 Å². The van der Waals surface area contributed by atoms with Crippen LogP contribution in [0.2, 0.25) is 0 Å². The number of carbonyl (C=O) groups excluding carboxylic acids is 4. The summed E-state index contributed by atoms with van der Waals surface area (Å²) in [5.41, 5.74) is 7.65. The Morgan fingerprint density at radius 3 is 1.81 bits per heavy atom. The van der Waals surface area contributed by atoms with E-state index in [1.54, 1.807) is 43.8 Å². The van der Waals surface area contributed by atoms with E-state index >= 15 is 0 Å². The van der Waals surface area contributed by atoms with E-state index in [0.717, 1.165) is 92.5 Å². The van der Waals surface area contributed by atoms with Gasteiger partial charge in [-0.05, 0) is 110 Å². The highest BCUT2D eigenvalue weighted by molar-refractivity contribution is 7.19. The number of nitrogens with zero attached hydrogens (tertiary/aromatic N) is 4. The van der Waals surface area contributed by atoms with Crippen molar-refractivity contribution in [2.24, 2.45) is 0 Å². The summed E-state index contributed by atoms with van der Waals surface area (Å²) in [6.45, 7) is 25.3. The minimum atomic E-state index is -0.627. The van der Waals surface area contributed by atoms with Gasteiger partial charge in [-0.3, -0.25) is 9.59 Å². The number of carbonyl (C=O) groups is 4. The predicted octanol–water partition coefficient (Wildman–Crippen LogP) is 11.4. The number of rotatable bonds is 14. The van der Waals surface area contributed by atoms with Crippen LogP contribution < -0.4 is 21.3 Å². The van der Waals surface area contributed by atoms with Gasteiger partial charge in [-0.25, -0.2) is 19.6 Å². The summed E-state index contributed by atoms with van der Waals surface area (Å²) in [4.78, 5) is 67.0. The molecule has 8 rings (SSSR count). The first-order chi connectivity index (χ1) is 34.2. The summed E-state index contributed by atoms with van der Waals surface area (Å²) in [5.74, 6) is -0.156. The van der Waals surface area contributed by atoms with Crippen molar-refractivity contribution in [2.75, 3.05) is 63.2 Å². The largest absolute Gasteiger partial charge is 0.444 e. The van der Waals surface area contributed by atoms with E-state index in [9.17, 15) is 19.2 Å². The molecule has 0 aliphatic carbocycles. The zero-order valence-electron chi connectivity index (χ0n) is 44.3. The van der Waals surface area contributed by atoms with Crippen LogP contribution >= 0.6 is 70.2 Å². The van der Waals surface area contributed by atoms with Gasteiger partial charge in [0.2, 0.25) is 11.8 Å². The number of nitrogens with one attached hydrogen (secondary N) is 4. The Kier molecular flexibility index (Phi) is 22.5. The molecule has 0 bridgehead atoms. The minimum Gasteiger partial charge on any atom is -0.444 e. The van der Waals surface area contributed by atoms with E-state index in [2.05, 4.69) is 58.0 Å². The van der Waals surface area contributed by atoms with Gasteiger partial charge in [-0.15, -0.1) is 70.2 Å². The summed E-state index contributed by atoms with van der Waals surface area (Å²) in [7, 11) is 0. The Bertz CT molecular complexity index is 2630. The van der Waals surface area contributed by atoms with Gasteiger partial charge >= 0.3 is 12.2 Å². The lowest BCUT2D eigenvalue weighted by Crippen LogP contribution is -2.42. The van der Waals surface area contributed by atoms with Crippen molar-refractivity contribution in [3.8, 4) is 21.1 Å². The summed E-state index contributed by atoms with van der Waals surface area (Å²) in [6.07, 6.45) is 7.29. The molecule has 0 fully saturated rings. The number of anilines is 2. The van der Waals surface area contributed by atoms with Gasteiger partial charge in [0.05, 0.1) is 44.4 Å². The molecule has 0 unspecified atom stereocenters. The average molecular weight is 1140 g/mol. The van der Waals surface area contributed by atoms with Crippen LogP contribution in [-0.4, -0.2) is 120 Å². The normalized spacial score (nSPS) is 15.5. The van der Waals surface area contributed by atoms with E-state index in [1.165, 1.54) is 27.4 Å². The summed E-state index contributed by atoms with van der Waals surface area (Å²) >= 11 is 6.37. The third-order valence-corrected chi connectivity index (χ3v) is 15.9. The van der Waals surface area contributed by atoms with Gasteiger partial charge in [-0.2, -0.15) is 0 Å². The summed E-state index contributed by atoms with van der Waals surface area (Å²) < 4.78 is 22.1. The number of thiazole rings is 2. The van der Waals surface area contributed by atoms with E-state index in [0.29, 0.717) is 63.3 Å². The van der Waals surface area contributed by atoms with Crippen LogP contribution in [0.4, 0.5) is 19.6 Å². The molecule has 22 heteroatoms. The third-order valence-electron chi connectivity index (χ3n) is 11.9. The zero-order valence-corrected chi connectivity index (χ0v) is 49.2. The van der Waals surface area contributed by atoms with E-state index in [4.69, 9.17) is 28.9 Å². The van der Waals surface area contributed by atoms with Crippen molar-refractivity contribution in [2.45, 2.75) is 144 Å². The fraction of sp³-hybridized carbons (Fsp3) is 0.577. The zero-order chi connectivity index (χ0) is 51.7. The van der Waals surface area contributed by atoms with Crippen molar-refractivity contribution in [3.63, 3.8) is 0 Å². The molecule has 0 aromatic carbocycles. The standard InChI is InChI=1S/C31H44N4O6S2.C21H28N4O2S2.2ClH/c1-19(2)35(29(38)41-31(6,7)8)14-10-24(36)33-27-25(26-32-22(18-42-26)20-11-15-39-16-12-20)21-9-13-34(17-23(21)43-27)28(37)40-30(3,4)5;1-13(2)23-8-4-18(26)25-21-19(15-3-7-22-11-17(15)29-21)20-24-16(12-28-20)14-5-9-27-10-6-14;;/h11,18-19H,9-10,12-17H2,1-8H3,(H,33,36);5,12-13,22-23H,3-4,6-11H2,1-2H3,(H,25,26);2*1H. The monoisotopic (exact) mass is 1140 g/mol. The molecule has 0 spiro atoms. The highest BCUT2D eigenvalue weighted by Crippen LogP contribution is 2.46. The number of ether oxygens (including phenoxy) is 4. The van der Waals surface area contributed by atoms with Crippen LogP contribution in [0.25, 0.3) is 32.3 Å². The Labute approximate surface area is 464 Å². The van der Waals surface area contributed by atoms with Crippen LogP contribution in [0.5, 0.6) is 0 Å². The fourth-order valence-corrected chi connectivity index (χ4v) is 12.9. The molecule has 16 nitrogen and oxygen atoms in total. The van der Waals surface area contributed by atoms with Crippen molar-refractivity contribution in [1.29, 1.82) is 0 Å². The molecular formula is C52H74Cl2N8O8S4. The number of amides is 4. The molecular weight excluding hydrogens is 1060 g/mol. The molecule has 4 aliphatic rings. The van der Waals surface area contributed by atoms with Crippen molar-refractivity contribution < 1.29 is 38.1 Å². The molecule has 0 saturated heterocycles. The molecule has 4 aromatic heterocycles. The van der Waals surface area contributed by atoms with Crippen LogP contribution in [0.1, 0.15) is 127 Å². The SMILES string of the molecule is CC(C)N(CCC(=O)Nc1sc2c(c1-c1nc(C3=CCOCC3)cs1)CCN(C(=O)OC(C)(C)C)C2)C(=O)OC(C)(C)C.CC(C)NCCC(=O)Nc1sc2c(c1-c1nc(C3=CCOCC3)cs1)CCNC2.Cl.Cl. The van der Waals surface area contributed by atoms with E-state index in [1.807, 2.05) is 55.4 Å². The molecule has 74 heavy (non-hydrogen) atoms. The molecule has 0 radical (unpaired) electrons. The van der Waals surface area contributed by atoms with Gasteiger partial charge in [0, 0.05) is 82.7 Å². The second kappa shape index (κ2) is 27.4. The predicted molar refractivity (Wildman–Crippen MR) is 306 cm³/mol. The molecule has 8 heterocycles. The lowest BCUT2D eigenvalue weighted by atomic mass is 10.0. The van der Waals surface area contributed by atoms with Crippen molar-refractivity contribution in [3.05, 3.63) is 55.2 Å². The maximum absolute atomic E-state index is 13.3. The topological polar surface area (TPSA) is 186 Å². The third kappa shape index (κ3) is 16.8. The molecule has 4 N–H and O–H groups in total. The first-order valence-corrected chi connectivity index (χ1v) is 28.4. The molecule has 4 aliphatic heterocycles. The molecule has 408 valence electrons.